The average molecular weight is 587 g/mol. The van der Waals surface area contributed by atoms with Crippen molar-refractivity contribution in [1.82, 2.24) is 9.29 Å². The van der Waals surface area contributed by atoms with Crippen LogP contribution in [-0.2, 0) is 16.6 Å². The Balaban J connectivity index is 1.45. The first-order valence-corrected chi connectivity index (χ1v) is 15.2. The summed E-state index contributed by atoms with van der Waals surface area (Å²) < 4.78 is 42.4. The van der Waals surface area contributed by atoms with E-state index in [1.54, 1.807) is 19.1 Å². The maximum atomic E-state index is 13.7. The number of aryl methyl sites for hydroxylation is 1. The number of rotatable bonds is 9. The van der Waals surface area contributed by atoms with E-state index in [2.05, 4.69) is 10.1 Å². The molecule has 0 radical (unpaired) electrons. The molecule has 10 heteroatoms. The van der Waals surface area contributed by atoms with Crippen molar-refractivity contribution in [2.75, 3.05) is 11.6 Å². The van der Waals surface area contributed by atoms with Gasteiger partial charge in [0.1, 0.15) is 5.82 Å². The van der Waals surface area contributed by atoms with Crippen LogP contribution in [0, 0.1) is 12.7 Å². The molecule has 0 N–H and O–H groups in total. The molecule has 0 aliphatic heterocycles. The predicted molar refractivity (Wildman–Crippen MR) is 161 cm³/mol. The van der Waals surface area contributed by atoms with Crippen molar-refractivity contribution in [3.63, 3.8) is 0 Å². The number of benzene rings is 4. The standard InChI is InChI=1S/C31H27FN4O3S2/c1-3-35(21-24-7-5-4-6-8-24)41(38,39)27-16-12-25(13-17-27)30(37)36(33-20-23-10-14-26(32)15-11-23)31-34-28-18-9-22(2)19-29(28)40-31/h4-20H,3,21H2,1-2H3/b33-20+. The van der Waals surface area contributed by atoms with Gasteiger partial charge in [0.05, 0.1) is 21.3 Å². The average Bonchev–Trinajstić information content (AvgIpc) is 3.40. The second-order valence-corrected chi connectivity index (χ2v) is 12.3. The molecule has 0 spiro atoms. The number of halogens is 1. The molecule has 0 aliphatic carbocycles. The summed E-state index contributed by atoms with van der Waals surface area (Å²) in [5.74, 6) is -0.864. The highest BCUT2D eigenvalue weighted by molar-refractivity contribution is 7.89. The van der Waals surface area contributed by atoms with Gasteiger partial charge in [-0.05, 0) is 72.1 Å². The number of aromatic nitrogens is 1. The number of carbonyl (C=O) groups is 1. The van der Waals surface area contributed by atoms with E-state index in [-0.39, 0.29) is 22.8 Å². The molecule has 0 saturated heterocycles. The van der Waals surface area contributed by atoms with Crippen molar-refractivity contribution in [3.05, 3.63) is 125 Å². The first-order valence-electron chi connectivity index (χ1n) is 12.9. The third-order valence-electron chi connectivity index (χ3n) is 6.39. The Morgan fingerprint density at radius 3 is 2.37 bits per heavy atom. The Kier molecular flexibility index (Phi) is 8.34. The van der Waals surface area contributed by atoms with Crippen molar-refractivity contribution in [1.29, 1.82) is 0 Å². The van der Waals surface area contributed by atoms with Crippen LogP contribution in [0.5, 0.6) is 0 Å². The second kappa shape index (κ2) is 12.1. The summed E-state index contributed by atoms with van der Waals surface area (Å²) in [7, 11) is -3.80. The number of amides is 1. The molecule has 41 heavy (non-hydrogen) atoms. The normalized spacial score (nSPS) is 11.9. The molecule has 4 aromatic carbocycles. The number of hydrogen-bond acceptors (Lipinski definition) is 6. The van der Waals surface area contributed by atoms with Gasteiger partial charge in [-0.3, -0.25) is 4.79 Å². The Morgan fingerprint density at radius 1 is 0.976 bits per heavy atom. The molecule has 0 saturated carbocycles. The topological polar surface area (TPSA) is 82.9 Å². The molecular formula is C31H27FN4O3S2. The van der Waals surface area contributed by atoms with Crippen LogP contribution in [0.1, 0.15) is 34.0 Å². The molecule has 1 heterocycles. The molecule has 0 unspecified atom stereocenters. The summed E-state index contributed by atoms with van der Waals surface area (Å²) in [6.45, 7) is 4.29. The molecule has 1 aromatic heterocycles. The van der Waals surface area contributed by atoms with Crippen LogP contribution >= 0.6 is 11.3 Å². The van der Waals surface area contributed by atoms with Crippen molar-refractivity contribution in [2.45, 2.75) is 25.3 Å². The van der Waals surface area contributed by atoms with Gasteiger partial charge in [-0.15, -0.1) is 0 Å². The Bertz CT molecular complexity index is 1800. The van der Waals surface area contributed by atoms with Gasteiger partial charge in [-0.25, -0.2) is 17.8 Å². The highest BCUT2D eigenvalue weighted by atomic mass is 32.2. The van der Waals surface area contributed by atoms with Gasteiger partial charge >= 0.3 is 0 Å². The van der Waals surface area contributed by atoms with E-state index < -0.39 is 15.9 Å². The van der Waals surface area contributed by atoms with Crippen molar-refractivity contribution in [3.8, 4) is 0 Å². The monoisotopic (exact) mass is 586 g/mol. The quantitative estimate of drug-likeness (QED) is 0.143. The molecule has 7 nitrogen and oxygen atoms in total. The number of thiazole rings is 1. The van der Waals surface area contributed by atoms with Gasteiger partial charge in [-0.2, -0.15) is 14.4 Å². The minimum atomic E-state index is -3.80. The SMILES string of the molecule is CCN(Cc1ccccc1)S(=O)(=O)c1ccc(C(=O)N(/N=C/c2ccc(F)cc2)c2nc3ccc(C)cc3s2)cc1. The highest BCUT2D eigenvalue weighted by Gasteiger charge is 2.25. The van der Waals surface area contributed by atoms with E-state index in [1.807, 2.05) is 55.5 Å². The maximum Gasteiger partial charge on any atom is 0.280 e. The summed E-state index contributed by atoms with van der Waals surface area (Å²) in [5, 5.41) is 5.94. The van der Waals surface area contributed by atoms with E-state index >= 15 is 0 Å². The Labute approximate surface area is 242 Å². The number of carbonyl (C=O) groups excluding carboxylic acids is 1. The summed E-state index contributed by atoms with van der Waals surface area (Å²) in [6.07, 6.45) is 1.45. The molecular weight excluding hydrogens is 559 g/mol. The first-order chi connectivity index (χ1) is 19.7. The van der Waals surface area contributed by atoms with Gasteiger partial charge in [0, 0.05) is 18.7 Å². The third-order valence-corrected chi connectivity index (χ3v) is 9.32. The predicted octanol–water partition coefficient (Wildman–Crippen LogP) is 6.64. The number of anilines is 1. The molecule has 208 valence electrons. The van der Waals surface area contributed by atoms with Crippen LogP contribution in [0.3, 0.4) is 0 Å². The molecule has 0 fully saturated rings. The van der Waals surface area contributed by atoms with E-state index in [9.17, 15) is 17.6 Å². The van der Waals surface area contributed by atoms with Gasteiger partial charge < -0.3 is 0 Å². The van der Waals surface area contributed by atoms with E-state index in [4.69, 9.17) is 0 Å². The fourth-order valence-electron chi connectivity index (χ4n) is 4.17. The number of sulfonamides is 1. The lowest BCUT2D eigenvalue weighted by molar-refractivity contribution is 0.0987. The number of hydrogen-bond donors (Lipinski definition) is 0. The molecule has 0 aliphatic rings. The maximum absolute atomic E-state index is 13.7. The van der Waals surface area contributed by atoms with Crippen LogP contribution in [0.25, 0.3) is 10.2 Å². The highest BCUT2D eigenvalue weighted by Crippen LogP contribution is 2.31. The third kappa shape index (κ3) is 6.40. The lowest BCUT2D eigenvalue weighted by Crippen LogP contribution is -2.30. The van der Waals surface area contributed by atoms with Crippen molar-refractivity contribution >= 4 is 48.8 Å². The summed E-state index contributed by atoms with van der Waals surface area (Å²) in [5.41, 5.74) is 3.50. The van der Waals surface area contributed by atoms with Crippen molar-refractivity contribution < 1.29 is 17.6 Å². The van der Waals surface area contributed by atoms with Gasteiger partial charge in [0.2, 0.25) is 15.2 Å². The first kappa shape index (κ1) is 28.3. The van der Waals surface area contributed by atoms with Crippen LogP contribution in [0.15, 0.2) is 107 Å². The van der Waals surface area contributed by atoms with Crippen LogP contribution in [-0.4, -0.2) is 36.4 Å². The van der Waals surface area contributed by atoms with Gasteiger partial charge in [0.25, 0.3) is 5.91 Å². The number of hydrazone groups is 1. The minimum Gasteiger partial charge on any atom is -0.267 e. The summed E-state index contributed by atoms with van der Waals surface area (Å²) >= 11 is 1.31. The Hall–Kier alpha value is -4.25. The molecule has 5 rings (SSSR count). The van der Waals surface area contributed by atoms with Crippen LogP contribution in [0.4, 0.5) is 9.52 Å². The van der Waals surface area contributed by atoms with Gasteiger partial charge in [0.15, 0.2) is 0 Å². The number of nitrogens with zero attached hydrogens (tertiary/aromatic N) is 4. The van der Waals surface area contributed by atoms with Crippen molar-refractivity contribution in [2.24, 2.45) is 5.10 Å². The minimum absolute atomic E-state index is 0.0867. The van der Waals surface area contributed by atoms with E-state index in [0.29, 0.717) is 17.2 Å². The summed E-state index contributed by atoms with van der Waals surface area (Å²) in [6, 6.07) is 26.7. The number of fused-ring (bicyclic) bond motifs is 1. The lowest BCUT2D eigenvalue weighted by Gasteiger charge is -2.21. The lowest BCUT2D eigenvalue weighted by atomic mass is 10.2. The van der Waals surface area contributed by atoms with Crippen LogP contribution in [0.2, 0.25) is 0 Å². The fourth-order valence-corrected chi connectivity index (χ4v) is 6.62. The van der Waals surface area contributed by atoms with Crippen LogP contribution < -0.4 is 5.01 Å². The zero-order valence-corrected chi connectivity index (χ0v) is 24.1. The largest absolute Gasteiger partial charge is 0.280 e. The van der Waals surface area contributed by atoms with Gasteiger partial charge in [-0.1, -0.05) is 66.8 Å². The molecule has 5 aromatic rings. The molecule has 0 bridgehead atoms. The molecule has 1 amide bonds. The zero-order chi connectivity index (χ0) is 29.0. The summed E-state index contributed by atoms with van der Waals surface area (Å²) in [4.78, 5) is 18.4. The second-order valence-electron chi connectivity index (χ2n) is 9.32. The fraction of sp³-hybridized carbons (Fsp3) is 0.129. The van der Waals surface area contributed by atoms with E-state index in [0.717, 1.165) is 21.3 Å². The zero-order valence-electron chi connectivity index (χ0n) is 22.4. The molecule has 0 atom stereocenters. The van der Waals surface area contributed by atoms with E-state index in [1.165, 1.54) is 63.3 Å². The Morgan fingerprint density at radius 2 is 1.68 bits per heavy atom. The smallest absolute Gasteiger partial charge is 0.267 e.